The quantitative estimate of drug-likeness (QED) is 0.839. The summed E-state index contributed by atoms with van der Waals surface area (Å²) in [4.78, 5) is 6.69. The standard InChI is InChI=1S/C13H21N3/c1-3-14-10-12-5-4-8-16(12)13-6-7-15-9-11(13)2/h6-7,9,12,14H,3-5,8,10H2,1-2H3. The Bertz CT molecular complexity index is 338. The molecule has 2 heterocycles. The number of nitrogens with zero attached hydrogens (tertiary/aromatic N) is 2. The highest BCUT2D eigenvalue weighted by molar-refractivity contribution is 5.53. The van der Waals surface area contributed by atoms with Gasteiger partial charge >= 0.3 is 0 Å². The van der Waals surface area contributed by atoms with Gasteiger partial charge in [-0.05, 0) is 37.9 Å². The first-order valence-electron chi connectivity index (χ1n) is 6.21. The second-order valence-corrected chi connectivity index (χ2v) is 4.46. The number of aryl methyl sites for hydroxylation is 1. The van der Waals surface area contributed by atoms with Crippen molar-refractivity contribution < 1.29 is 0 Å². The van der Waals surface area contributed by atoms with Gasteiger partial charge in [-0.2, -0.15) is 0 Å². The molecule has 1 aromatic heterocycles. The summed E-state index contributed by atoms with van der Waals surface area (Å²) in [6.07, 6.45) is 6.45. The Morgan fingerprint density at radius 3 is 3.19 bits per heavy atom. The van der Waals surface area contributed by atoms with Crippen LogP contribution in [0.1, 0.15) is 25.3 Å². The molecule has 0 aromatic carbocycles. The molecule has 0 aliphatic carbocycles. The van der Waals surface area contributed by atoms with E-state index in [2.05, 4.69) is 35.1 Å². The van der Waals surface area contributed by atoms with Crippen LogP contribution >= 0.6 is 0 Å². The van der Waals surface area contributed by atoms with E-state index in [4.69, 9.17) is 0 Å². The van der Waals surface area contributed by atoms with Gasteiger partial charge in [-0.1, -0.05) is 6.92 Å². The number of pyridine rings is 1. The third-order valence-electron chi connectivity index (χ3n) is 3.31. The summed E-state index contributed by atoms with van der Waals surface area (Å²) in [5.41, 5.74) is 2.64. The SMILES string of the molecule is CCNCC1CCCN1c1ccncc1C. The van der Waals surface area contributed by atoms with E-state index in [1.165, 1.54) is 30.6 Å². The first-order chi connectivity index (χ1) is 7.83. The molecule has 0 radical (unpaired) electrons. The molecule has 3 nitrogen and oxygen atoms in total. The van der Waals surface area contributed by atoms with E-state index < -0.39 is 0 Å². The molecule has 1 aliphatic rings. The molecule has 1 saturated heterocycles. The third kappa shape index (κ3) is 2.35. The van der Waals surface area contributed by atoms with Gasteiger partial charge in [-0.15, -0.1) is 0 Å². The fourth-order valence-corrected chi connectivity index (χ4v) is 2.46. The predicted molar refractivity (Wildman–Crippen MR) is 67.9 cm³/mol. The Balaban J connectivity index is 2.10. The molecule has 0 amide bonds. The lowest BCUT2D eigenvalue weighted by atomic mass is 10.2. The number of nitrogens with one attached hydrogen (secondary N) is 1. The molecule has 0 bridgehead atoms. The molecule has 1 fully saturated rings. The van der Waals surface area contributed by atoms with E-state index in [9.17, 15) is 0 Å². The maximum Gasteiger partial charge on any atom is 0.0429 e. The van der Waals surface area contributed by atoms with E-state index in [0.717, 1.165) is 13.1 Å². The van der Waals surface area contributed by atoms with Crippen LogP contribution in [0.5, 0.6) is 0 Å². The van der Waals surface area contributed by atoms with E-state index >= 15 is 0 Å². The number of anilines is 1. The number of likely N-dealkylation sites (N-methyl/N-ethyl adjacent to an activating group) is 1. The summed E-state index contributed by atoms with van der Waals surface area (Å²) < 4.78 is 0. The molecular weight excluding hydrogens is 198 g/mol. The molecule has 1 N–H and O–H groups in total. The van der Waals surface area contributed by atoms with Crippen molar-refractivity contribution in [1.29, 1.82) is 0 Å². The van der Waals surface area contributed by atoms with Gasteiger partial charge in [-0.25, -0.2) is 0 Å². The maximum absolute atomic E-state index is 4.16. The first kappa shape index (κ1) is 11.4. The number of aromatic nitrogens is 1. The van der Waals surface area contributed by atoms with Crippen LogP contribution < -0.4 is 10.2 Å². The Hall–Kier alpha value is -1.09. The number of hydrogen-bond donors (Lipinski definition) is 1. The molecule has 1 aliphatic heterocycles. The highest BCUT2D eigenvalue weighted by atomic mass is 15.2. The minimum absolute atomic E-state index is 0.654. The summed E-state index contributed by atoms with van der Waals surface area (Å²) in [5, 5.41) is 3.45. The molecule has 1 atom stereocenters. The summed E-state index contributed by atoms with van der Waals surface area (Å²) >= 11 is 0. The Morgan fingerprint density at radius 2 is 2.44 bits per heavy atom. The van der Waals surface area contributed by atoms with Crippen molar-refractivity contribution in [2.45, 2.75) is 32.7 Å². The van der Waals surface area contributed by atoms with Crippen LogP contribution in [0, 0.1) is 6.92 Å². The second-order valence-electron chi connectivity index (χ2n) is 4.46. The molecule has 2 rings (SSSR count). The van der Waals surface area contributed by atoms with Crippen LogP contribution in [0.25, 0.3) is 0 Å². The zero-order chi connectivity index (χ0) is 11.4. The smallest absolute Gasteiger partial charge is 0.0429 e. The Morgan fingerprint density at radius 1 is 1.56 bits per heavy atom. The van der Waals surface area contributed by atoms with Gasteiger partial charge in [0.1, 0.15) is 0 Å². The van der Waals surface area contributed by atoms with Gasteiger partial charge in [-0.3, -0.25) is 4.98 Å². The zero-order valence-electron chi connectivity index (χ0n) is 10.2. The van der Waals surface area contributed by atoms with Crippen LogP contribution in [-0.4, -0.2) is 30.7 Å². The third-order valence-corrected chi connectivity index (χ3v) is 3.31. The fraction of sp³-hybridized carbons (Fsp3) is 0.615. The molecule has 3 heteroatoms. The average Bonchev–Trinajstić information content (AvgIpc) is 2.75. The molecule has 16 heavy (non-hydrogen) atoms. The van der Waals surface area contributed by atoms with Crippen molar-refractivity contribution in [3.05, 3.63) is 24.0 Å². The van der Waals surface area contributed by atoms with Gasteiger partial charge < -0.3 is 10.2 Å². The largest absolute Gasteiger partial charge is 0.367 e. The molecule has 1 aromatic rings. The normalized spacial score (nSPS) is 20.4. The van der Waals surface area contributed by atoms with Crippen molar-refractivity contribution in [3.8, 4) is 0 Å². The lowest BCUT2D eigenvalue weighted by molar-refractivity contribution is 0.587. The van der Waals surface area contributed by atoms with Crippen molar-refractivity contribution >= 4 is 5.69 Å². The minimum atomic E-state index is 0.654. The Labute approximate surface area is 97.9 Å². The molecule has 0 saturated carbocycles. The van der Waals surface area contributed by atoms with Gasteiger partial charge in [0.15, 0.2) is 0 Å². The monoisotopic (exact) mass is 219 g/mol. The second kappa shape index (κ2) is 5.30. The van der Waals surface area contributed by atoms with E-state index in [0.29, 0.717) is 6.04 Å². The summed E-state index contributed by atoms with van der Waals surface area (Å²) in [6.45, 7) is 7.64. The fourth-order valence-electron chi connectivity index (χ4n) is 2.46. The van der Waals surface area contributed by atoms with Crippen LogP contribution in [0.2, 0.25) is 0 Å². The van der Waals surface area contributed by atoms with Crippen molar-refractivity contribution in [2.75, 3.05) is 24.5 Å². The molecule has 0 spiro atoms. The molecule has 88 valence electrons. The lowest BCUT2D eigenvalue weighted by Gasteiger charge is -2.28. The molecule has 1 unspecified atom stereocenters. The van der Waals surface area contributed by atoms with Crippen molar-refractivity contribution in [1.82, 2.24) is 10.3 Å². The summed E-state index contributed by atoms with van der Waals surface area (Å²) in [6, 6.07) is 2.79. The van der Waals surface area contributed by atoms with Gasteiger partial charge in [0.25, 0.3) is 0 Å². The lowest BCUT2D eigenvalue weighted by Crippen LogP contribution is -2.38. The first-order valence-corrected chi connectivity index (χ1v) is 6.21. The summed E-state index contributed by atoms with van der Waals surface area (Å²) in [7, 11) is 0. The van der Waals surface area contributed by atoms with E-state index in [1.807, 2.05) is 12.4 Å². The van der Waals surface area contributed by atoms with Crippen LogP contribution in [0.15, 0.2) is 18.5 Å². The number of rotatable bonds is 4. The highest BCUT2D eigenvalue weighted by Gasteiger charge is 2.24. The summed E-state index contributed by atoms with van der Waals surface area (Å²) in [5.74, 6) is 0. The van der Waals surface area contributed by atoms with Gasteiger partial charge in [0.2, 0.25) is 0 Å². The van der Waals surface area contributed by atoms with Gasteiger partial charge in [0, 0.05) is 37.2 Å². The maximum atomic E-state index is 4.16. The van der Waals surface area contributed by atoms with Crippen molar-refractivity contribution in [3.63, 3.8) is 0 Å². The average molecular weight is 219 g/mol. The van der Waals surface area contributed by atoms with Crippen molar-refractivity contribution in [2.24, 2.45) is 0 Å². The van der Waals surface area contributed by atoms with Crippen LogP contribution in [-0.2, 0) is 0 Å². The number of hydrogen-bond acceptors (Lipinski definition) is 3. The topological polar surface area (TPSA) is 28.2 Å². The highest BCUT2D eigenvalue weighted by Crippen LogP contribution is 2.27. The van der Waals surface area contributed by atoms with E-state index in [-0.39, 0.29) is 0 Å². The van der Waals surface area contributed by atoms with Crippen LogP contribution in [0.4, 0.5) is 5.69 Å². The Kier molecular flexibility index (Phi) is 3.78. The minimum Gasteiger partial charge on any atom is -0.367 e. The van der Waals surface area contributed by atoms with Gasteiger partial charge in [0.05, 0.1) is 0 Å². The predicted octanol–water partition coefficient (Wildman–Crippen LogP) is 1.97. The molecular formula is C13H21N3. The zero-order valence-corrected chi connectivity index (χ0v) is 10.2. The van der Waals surface area contributed by atoms with E-state index in [1.54, 1.807) is 0 Å². The van der Waals surface area contributed by atoms with Crippen LogP contribution in [0.3, 0.4) is 0 Å².